The lowest BCUT2D eigenvalue weighted by molar-refractivity contribution is 0.0987. The van der Waals surface area contributed by atoms with Gasteiger partial charge in [-0.25, -0.2) is 4.39 Å². The lowest BCUT2D eigenvalue weighted by atomic mass is 10.1. The Bertz CT molecular complexity index is 642. The lowest BCUT2D eigenvalue weighted by Gasteiger charge is -2.23. The summed E-state index contributed by atoms with van der Waals surface area (Å²) >= 11 is 1.99. The first-order valence-electron chi connectivity index (χ1n) is 6.37. The first-order valence-corrected chi connectivity index (χ1v) is 7.45. The van der Waals surface area contributed by atoms with Gasteiger partial charge in [0.05, 0.1) is 5.56 Å². The van der Waals surface area contributed by atoms with Crippen LogP contribution in [0, 0.1) is 16.3 Å². The summed E-state index contributed by atoms with van der Waals surface area (Å²) in [6, 6.07) is 12.0. The normalized spacial score (nSPS) is 10.4. The second kappa shape index (κ2) is 6.35. The lowest BCUT2D eigenvalue weighted by Crippen LogP contribution is -2.31. The number of carbonyl (C=O) groups is 1. The third kappa shape index (κ3) is 3.00. The summed E-state index contributed by atoms with van der Waals surface area (Å²) in [5.74, 6) is -0.434. The molecule has 0 spiro atoms. The van der Waals surface area contributed by atoms with Crippen LogP contribution in [0.5, 0.6) is 0 Å². The minimum Gasteiger partial charge on any atom is -0.308 e. The summed E-state index contributed by atoms with van der Waals surface area (Å²) in [5, 5.41) is 0. The maximum atomic E-state index is 13.2. The zero-order valence-electron chi connectivity index (χ0n) is 11.4. The van der Waals surface area contributed by atoms with E-state index in [4.69, 9.17) is 0 Å². The van der Waals surface area contributed by atoms with E-state index in [0.717, 1.165) is 11.3 Å². The second-order valence-corrected chi connectivity index (χ2v) is 5.62. The fourth-order valence-corrected chi connectivity index (χ4v) is 2.81. The van der Waals surface area contributed by atoms with Crippen molar-refractivity contribution in [2.75, 3.05) is 11.4 Å². The number of amides is 1. The Morgan fingerprint density at radius 1 is 1.25 bits per heavy atom. The predicted molar refractivity (Wildman–Crippen MR) is 87.6 cm³/mol. The highest BCUT2D eigenvalue weighted by molar-refractivity contribution is 14.1. The van der Waals surface area contributed by atoms with Crippen LogP contribution in [0.4, 0.5) is 10.1 Å². The topological polar surface area (TPSA) is 20.3 Å². The van der Waals surface area contributed by atoms with Gasteiger partial charge in [-0.15, -0.1) is 0 Å². The van der Waals surface area contributed by atoms with Gasteiger partial charge in [-0.1, -0.05) is 18.2 Å². The molecule has 0 bridgehead atoms. The largest absolute Gasteiger partial charge is 0.308 e. The number of carbonyl (C=O) groups excluding carboxylic acids is 1. The fourth-order valence-electron chi connectivity index (χ4n) is 2.10. The van der Waals surface area contributed by atoms with E-state index < -0.39 is 0 Å². The van der Waals surface area contributed by atoms with Crippen LogP contribution < -0.4 is 4.90 Å². The highest BCUT2D eigenvalue weighted by atomic mass is 127. The molecule has 0 saturated carbocycles. The number of benzene rings is 2. The Balaban J connectivity index is 2.42. The molecule has 0 aromatic heterocycles. The molecule has 0 heterocycles. The Hall–Kier alpha value is -1.43. The zero-order chi connectivity index (χ0) is 14.7. The van der Waals surface area contributed by atoms with Gasteiger partial charge in [-0.05, 0) is 66.3 Å². The summed E-state index contributed by atoms with van der Waals surface area (Å²) in [6.07, 6.45) is 0. The molecule has 0 aliphatic carbocycles. The van der Waals surface area contributed by atoms with Gasteiger partial charge in [0.2, 0.25) is 0 Å². The van der Waals surface area contributed by atoms with Crippen molar-refractivity contribution in [1.82, 2.24) is 0 Å². The summed E-state index contributed by atoms with van der Waals surface area (Å²) in [7, 11) is 0. The van der Waals surface area contributed by atoms with Gasteiger partial charge in [-0.2, -0.15) is 0 Å². The van der Waals surface area contributed by atoms with E-state index in [2.05, 4.69) is 0 Å². The molecule has 20 heavy (non-hydrogen) atoms. The minimum atomic E-state index is -0.329. The van der Waals surface area contributed by atoms with E-state index in [9.17, 15) is 9.18 Å². The summed E-state index contributed by atoms with van der Waals surface area (Å²) in [5.41, 5.74) is 2.46. The number of hydrogen-bond acceptors (Lipinski definition) is 1. The molecule has 2 nitrogen and oxygen atoms in total. The first kappa shape index (κ1) is 15.0. The average Bonchev–Trinajstić information content (AvgIpc) is 2.41. The molecule has 4 heteroatoms. The number of para-hydroxylation sites is 1. The number of anilines is 1. The Labute approximate surface area is 131 Å². The molecule has 0 N–H and O–H groups in total. The van der Waals surface area contributed by atoms with E-state index >= 15 is 0 Å². The van der Waals surface area contributed by atoms with Gasteiger partial charge in [0.1, 0.15) is 5.82 Å². The SMILES string of the molecule is CCN(C(=O)c1ccc(F)cc1I)c1ccccc1C. The number of halogens is 2. The number of nitrogens with zero attached hydrogens (tertiary/aromatic N) is 1. The van der Waals surface area contributed by atoms with Gasteiger partial charge in [0, 0.05) is 15.8 Å². The number of hydrogen-bond donors (Lipinski definition) is 0. The van der Waals surface area contributed by atoms with Crippen LogP contribution in [0.15, 0.2) is 42.5 Å². The number of aryl methyl sites for hydroxylation is 1. The molecule has 0 radical (unpaired) electrons. The predicted octanol–water partition coefficient (Wildman–Crippen LogP) is 4.41. The smallest absolute Gasteiger partial charge is 0.259 e. The van der Waals surface area contributed by atoms with Crippen molar-refractivity contribution < 1.29 is 9.18 Å². The molecule has 0 unspecified atom stereocenters. The molecule has 2 aromatic rings. The van der Waals surface area contributed by atoms with Gasteiger partial charge in [0.15, 0.2) is 0 Å². The molecule has 0 fully saturated rings. The summed E-state index contributed by atoms with van der Waals surface area (Å²) in [6.45, 7) is 4.47. The van der Waals surface area contributed by atoms with Crippen LogP contribution in [0.25, 0.3) is 0 Å². The Kier molecular flexibility index (Phi) is 4.75. The van der Waals surface area contributed by atoms with Gasteiger partial charge < -0.3 is 4.90 Å². The van der Waals surface area contributed by atoms with Crippen molar-refractivity contribution in [2.45, 2.75) is 13.8 Å². The van der Waals surface area contributed by atoms with Gasteiger partial charge in [0.25, 0.3) is 5.91 Å². The third-order valence-electron chi connectivity index (χ3n) is 3.13. The molecule has 1 amide bonds. The van der Waals surface area contributed by atoms with Crippen molar-refractivity contribution in [1.29, 1.82) is 0 Å². The molecular weight excluding hydrogens is 368 g/mol. The quantitative estimate of drug-likeness (QED) is 0.720. The summed E-state index contributed by atoms with van der Waals surface area (Å²) < 4.78 is 13.8. The summed E-state index contributed by atoms with van der Waals surface area (Å²) in [4.78, 5) is 14.4. The molecular formula is C16H15FINO. The molecule has 0 saturated heterocycles. The van der Waals surface area contributed by atoms with Crippen LogP contribution in [0.2, 0.25) is 0 Å². The van der Waals surface area contributed by atoms with Gasteiger partial charge in [-0.3, -0.25) is 4.79 Å². The van der Waals surface area contributed by atoms with Crippen LogP contribution in [-0.4, -0.2) is 12.5 Å². The molecule has 2 aromatic carbocycles. The highest BCUT2D eigenvalue weighted by Gasteiger charge is 2.19. The number of rotatable bonds is 3. The van der Waals surface area contributed by atoms with Gasteiger partial charge >= 0.3 is 0 Å². The fraction of sp³-hybridized carbons (Fsp3) is 0.188. The zero-order valence-corrected chi connectivity index (χ0v) is 13.5. The maximum absolute atomic E-state index is 13.2. The standard InChI is InChI=1S/C16H15FINO/c1-3-19(15-7-5-4-6-11(15)2)16(20)13-9-8-12(17)10-14(13)18/h4-10H,3H2,1-2H3. The maximum Gasteiger partial charge on any atom is 0.259 e. The van der Waals surface area contributed by atoms with Crippen LogP contribution in [0.3, 0.4) is 0 Å². The van der Waals surface area contributed by atoms with Crippen molar-refractivity contribution in [2.24, 2.45) is 0 Å². The van der Waals surface area contributed by atoms with E-state index in [0.29, 0.717) is 15.7 Å². The van der Waals surface area contributed by atoms with Crippen LogP contribution in [0.1, 0.15) is 22.8 Å². The monoisotopic (exact) mass is 383 g/mol. The van der Waals surface area contributed by atoms with E-state index in [-0.39, 0.29) is 11.7 Å². The highest BCUT2D eigenvalue weighted by Crippen LogP contribution is 2.23. The molecule has 0 atom stereocenters. The molecule has 0 aliphatic heterocycles. The molecule has 104 valence electrons. The van der Waals surface area contributed by atoms with Crippen LogP contribution >= 0.6 is 22.6 Å². The second-order valence-electron chi connectivity index (χ2n) is 4.46. The van der Waals surface area contributed by atoms with E-state index in [1.807, 2.05) is 60.7 Å². The Morgan fingerprint density at radius 3 is 2.55 bits per heavy atom. The molecule has 0 aliphatic rings. The third-order valence-corrected chi connectivity index (χ3v) is 4.02. The van der Waals surface area contributed by atoms with E-state index in [1.165, 1.54) is 12.1 Å². The minimum absolute atomic E-state index is 0.105. The average molecular weight is 383 g/mol. The van der Waals surface area contributed by atoms with Crippen LogP contribution in [-0.2, 0) is 0 Å². The van der Waals surface area contributed by atoms with Crippen molar-refractivity contribution in [3.8, 4) is 0 Å². The Morgan fingerprint density at radius 2 is 1.95 bits per heavy atom. The van der Waals surface area contributed by atoms with Crippen molar-refractivity contribution in [3.05, 3.63) is 63.0 Å². The van der Waals surface area contributed by atoms with Crippen molar-refractivity contribution >= 4 is 34.2 Å². The van der Waals surface area contributed by atoms with E-state index in [1.54, 1.807) is 11.0 Å². The first-order chi connectivity index (χ1) is 9.54. The molecule has 2 rings (SSSR count). The van der Waals surface area contributed by atoms with Crippen molar-refractivity contribution in [3.63, 3.8) is 0 Å².